The third-order valence-corrected chi connectivity index (χ3v) is 4.92. The van der Waals surface area contributed by atoms with E-state index in [2.05, 4.69) is 32.2 Å². The lowest BCUT2D eigenvalue weighted by atomic mass is 10.2. The normalized spacial score (nSPS) is 14.0. The SMILES string of the molecule is N=C(Nc1ccc(N2CCN(c3ccc(O)cc3)CC2)cc1)c1ccccn1. The summed E-state index contributed by atoms with van der Waals surface area (Å²) < 4.78 is 0. The Morgan fingerprint density at radius 3 is 1.93 bits per heavy atom. The molecule has 0 unspecified atom stereocenters. The van der Waals surface area contributed by atoms with Crippen molar-refractivity contribution in [1.29, 1.82) is 5.41 Å². The number of hydrogen-bond acceptors (Lipinski definition) is 5. The molecule has 6 nitrogen and oxygen atoms in total. The van der Waals surface area contributed by atoms with Crippen molar-refractivity contribution in [3.8, 4) is 5.75 Å². The Bertz CT molecular complexity index is 917. The van der Waals surface area contributed by atoms with Crippen LogP contribution in [-0.4, -0.2) is 42.1 Å². The Labute approximate surface area is 164 Å². The van der Waals surface area contributed by atoms with Crippen LogP contribution in [0.3, 0.4) is 0 Å². The number of anilines is 3. The molecule has 2 aromatic carbocycles. The summed E-state index contributed by atoms with van der Waals surface area (Å²) in [6.45, 7) is 3.76. The van der Waals surface area contributed by atoms with E-state index >= 15 is 0 Å². The third-order valence-electron chi connectivity index (χ3n) is 4.92. The van der Waals surface area contributed by atoms with E-state index in [0.717, 1.165) is 37.6 Å². The Balaban J connectivity index is 1.34. The lowest BCUT2D eigenvalue weighted by molar-refractivity contribution is 0.475. The number of piperazine rings is 1. The Hall–Kier alpha value is -3.54. The molecule has 0 aliphatic carbocycles. The van der Waals surface area contributed by atoms with Crippen LogP contribution in [0.2, 0.25) is 0 Å². The minimum atomic E-state index is 0.288. The smallest absolute Gasteiger partial charge is 0.148 e. The molecule has 0 atom stereocenters. The molecule has 2 heterocycles. The number of rotatable bonds is 4. The molecule has 1 aromatic heterocycles. The van der Waals surface area contributed by atoms with Gasteiger partial charge in [-0.05, 0) is 60.7 Å². The van der Waals surface area contributed by atoms with Crippen LogP contribution in [0.1, 0.15) is 5.69 Å². The zero-order valence-corrected chi connectivity index (χ0v) is 15.5. The van der Waals surface area contributed by atoms with E-state index in [9.17, 15) is 5.11 Å². The monoisotopic (exact) mass is 373 g/mol. The lowest BCUT2D eigenvalue weighted by Gasteiger charge is -2.37. The molecule has 0 spiro atoms. The van der Waals surface area contributed by atoms with Crippen LogP contribution < -0.4 is 15.1 Å². The number of nitrogens with one attached hydrogen (secondary N) is 2. The van der Waals surface area contributed by atoms with Crippen molar-refractivity contribution >= 4 is 22.9 Å². The van der Waals surface area contributed by atoms with E-state index in [-0.39, 0.29) is 5.84 Å². The number of pyridine rings is 1. The highest BCUT2D eigenvalue weighted by Crippen LogP contribution is 2.23. The highest BCUT2D eigenvalue weighted by molar-refractivity contribution is 6.04. The van der Waals surface area contributed by atoms with Crippen LogP contribution in [0.5, 0.6) is 5.75 Å². The highest BCUT2D eigenvalue weighted by atomic mass is 16.3. The minimum Gasteiger partial charge on any atom is -0.508 e. The summed E-state index contributed by atoms with van der Waals surface area (Å²) in [4.78, 5) is 8.89. The molecule has 1 aliphatic rings. The first-order valence-corrected chi connectivity index (χ1v) is 9.35. The molecule has 3 aromatic rings. The first-order valence-electron chi connectivity index (χ1n) is 9.35. The van der Waals surface area contributed by atoms with Crippen LogP contribution in [0, 0.1) is 5.41 Å². The summed E-state index contributed by atoms with van der Waals surface area (Å²) >= 11 is 0. The van der Waals surface area contributed by atoms with E-state index in [1.54, 1.807) is 18.3 Å². The van der Waals surface area contributed by atoms with E-state index in [1.807, 2.05) is 42.5 Å². The van der Waals surface area contributed by atoms with Crippen molar-refractivity contribution in [2.75, 3.05) is 41.3 Å². The first-order chi connectivity index (χ1) is 13.7. The maximum absolute atomic E-state index is 9.44. The van der Waals surface area contributed by atoms with Gasteiger partial charge in [-0.1, -0.05) is 6.07 Å². The average molecular weight is 373 g/mol. The van der Waals surface area contributed by atoms with Crippen LogP contribution >= 0.6 is 0 Å². The van der Waals surface area contributed by atoms with E-state index in [1.165, 1.54) is 5.69 Å². The second kappa shape index (κ2) is 8.00. The fraction of sp³-hybridized carbons (Fsp3) is 0.182. The fourth-order valence-corrected chi connectivity index (χ4v) is 3.36. The van der Waals surface area contributed by atoms with Crippen molar-refractivity contribution in [3.05, 3.63) is 78.6 Å². The van der Waals surface area contributed by atoms with E-state index < -0.39 is 0 Å². The van der Waals surface area contributed by atoms with Gasteiger partial charge < -0.3 is 20.2 Å². The molecule has 0 amide bonds. The maximum atomic E-state index is 9.44. The molecular weight excluding hydrogens is 350 g/mol. The van der Waals surface area contributed by atoms with Crippen LogP contribution in [0.15, 0.2) is 72.9 Å². The molecule has 1 aliphatic heterocycles. The van der Waals surface area contributed by atoms with Gasteiger partial charge in [0.2, 0.25) is 0 Å². The van der Waals surface area contributed by atoms with E-state index in [0.29, 0.717) is 11.4 Å². The van der Waals surface area contributed by atoms with E-state index in [4.69, 9.17) is 5.41 Å². The molecule has 1 saturated heterocycles. The second-order valence-electron chi connectivity index (χ2n) is 6.75. The summed E-state index contributed by atoms with van der Waals surface area (Å²) in [5, 5.41) is 20.7. The van der Waals surface area contributed by atoms with Gasteiger partial charge in [0.15, 0.2) is 0 Å². The lowest BCUT2D eigenvalue weighted by Crippen LogP contribution is -2.46. The molecule has 4 rings (SSSR count). The quantitative estimate of drug-likeness (QED) is 0.482. The molecule has 142 valence electrons. The molecule has 0 saturated carbocycles. The van der Waals surface area contributed by atoms with Crippen molar-refractivity contribution in [2.45, 2.75) is 0 Å². The number of phenols is 1. The number of aromatic hydroxyl groups is 1. The van der Waals surface area contributed by atoms with Crippen molar-refractivity contribution in [3.63, 3.8) is 0 Å². The number of nitrogens with zero attached hydrogens (tertiary/aromatic N) is 3. The highest BCUT2D eigenvalue weighted by Gasteiger charge is 2.17. The third kappa shape index (κ3) is 4.06. The van der Waals surface area contributed by atoms with Crippen LogP contribution in [0.25, 0.3) is 0 Å². The predicted molar refractivity (Wildman–Crippen MR) is 114 cm³/mol. The zero-order valence-electron chi connectivity index (χ0n) is 15.5. The van der Waals surface area contributed by atoms with Gasteiger partial charge in [-0.25, -0.2) is 0 Å². The first kappa shape index (κ1) is 17.9. The molecule has 3 N–H and O–H groups in total. The molecule has 6 heteroatoms. The number of amidine groups is 1. The van der Waals surface area contributed by atoms with Crippen molar-refractivity contribution in [1.82, 2.24) is 4.98 Å². The summed E-state index contributed by atoms with van der Waals surface area (Å²) in [7, 11) is 0. The number of aromatic nitrogens is 1. The van der Waals surface area contributed by atoms with Gasteiger partial charge in [0.05, 0.1) is 0 Å². The second-order valence-corrected chi connectivity index (χ2v) is 6.75. The van der Waals surface area contributed by atoms with Crippen molar-refractivity contribution in [2.24, 2.45) is 0 Å². The summed E-state index contributed by atoms with van der Waals surface area (Å²) in [5.74, 6) is 0.586. The summed E-state index contributed by atoms with van der Waals surface area (Å²) in [5.41, 5.74) is 3.82. The Morgan fingerprint density at radius 2 is 1.39 bits per heavy atom. The van der Waals surface area contributed by atoms with Gasteiger partial charge in [-0.3, -0.25) is 10.4 Å². The van der Waals surface area contributed by atoms with Gasteiger partial charge >= 0.3 is 0 Å². The van der Waals surface area contributed by atoms with Gasteiger partial charge in [-0.15, -0.1) is 0 Å². The van der Waals surface area contributed by atoms with Gasteiger partial charge in [0.25, 0.3) is 0 Å². The average Bonchev–Trinajstić information content (AvgIpc) is 2.76. The largest absolute Gasteiger partial charge is 0.508 e. The molecular formula is C22H23N5O. The van der Waals surface area contributed by atoms with Gasteiger partial charge in [-0.2, -0.15) is 0 Å². The minimum absolute atomic E-state index is 0.288. The maximum Gasteiger partial charge on any atom is 0.148 e. The summed E-state index contributed by atoms with van der Waals surface area (Å²) in [6.07, 6.45) is 1.69. The number of phenolic OH excluding ortho intramolecular Hbond substituents is 1. The Kier molecular flexibility index (Phi) is 5.10. The van der Waals surface area contributed by atoms with Crippen molar-refractivity contribution < 1.29 is 5.11 Å². The molecule has 0 bridgehead atoms. The summed E-state index contributed by atoms with van der Waals surface area (Å²) in [6, 6.07) is 21.1. The topological polar surface area (TPSA) is 75.5 Å². The van der Waals surface area contributed by atoms with Crippen LogP contribution in [-0.2, 0) is 0 Å². The standard InChI is InChI=1S/C22H23N5O/c23-22(21-3-1-2-12-24-21)25-17-4-6-18(7-5-17)26-13-15-27(16-14-26)19-8-10-20(28)11-9-19/h1-12,28H,13-16H2,(H2,23,25). The molecule has 28 heavy (non-hydrogen) atoms. The van der Waals surface area contributed by atoms with Crippen LogP contribution in [0.4, 0.5) is 17.1 Å². The Morgan fingerprint density at radius 1 is 0.821 bits per heavy atom. The number of hydrogen-bond donors (Lipinski definition) is 3. The predicted octanol–water partition coefficient (Wildman–Crippen LogP) is 3.55. The molecule has 1 fully saturated rings. The molecule has 0 radical (unpaired) electrons. The zero-order chi connectivity index (χ0) is 19.3. The van der Waals surface area contributed by atoms with Gasteiger partial charge in [0.1, 0.15) is 17.3 Å². The van der Waals surface area contributed by atoms with Gasteiger partial charge in [0, 0.05) is 49.4 Å². The number of benzene rings is 2. The fourth-order valence-electron chi connectivity index (χ4n) is 3.36.